The van der Waals surface area contributed by atoms with Crippen molar-refractivity contribution in [1.82, 2.24) is 0 Å². The van der Waals surface area contributed by atoms with Crippen LogP contribution in [0.2, 0.25) is 0 Å². The lowest BCUT2D eigenvalue weighted by Crippen LogP contribution is -2.19. The average Bonchev–Trinajstić information content (AvgIpc) is 3.26. The van der Waals surface area contributed by atoms with Gasteiger partial charge in [-0.3, -0.25) is 0 Å². The first-order chi connectivity index (χ1) is 31.4. The number of carbonyl (C=O) groups excluding carboxylic acids is 2. The molecule has 0 spiro atoms. The van der Waals surface area contributed by atoms with E-state index >= 15 is 0 Å². The lowest BCUT2D eigenvalue weighted by molar-refractivity contribution is -0.129. The summed E-state index contributed by atoms with van der Waals surface area (Å²) in [5, 5.41) is 0. The summed E-state index contributed by atoms with van der Waals surface area (Å²) in [4.78, 5) is 25.6. The molecule has 0 radical (unpaired) electrons. The maximum absolute atomic E-state index is 12.8. The molecule has 356 valence electrons. The van der Waals surface area contributed by atoms with Gasteiger partial charge in [0, 0.05) is 12.2 Å². The highest BCUT2D eigenvalue weighted by Crippen LogP contribution is 2.42. The van der Waals surface area contributed by atoms with Crippen LogP contribution in [0, 0.1) is 10.8 Å². The zero-order chi connectivity index (χ0) is 49.5. The Morgan fingerprint density at radius 3 is 1.17 bits per heavy atom. The van der Waals surface area contributed by atoms with E-state index in [0.29, 0.717) is 11.5 Å². The highest BCUT2D eigenvalue weighted by Gasteiger charge is 2.27. The lowest BCUT2D eigenvalue weighted by atomic mass is 9.72. The molecule has 2 aliphatic carbocycles. The van der Waals surface area contributed by atoms with Gasteiger partial charge in [0.15, 0.2) is 0 Å². The number of hydrogen-bond acceptors (Lipinski definition) is 4. The fourth-order valence-corrected chi connectivity index (χ4v) is 8.66. The van der Waals surface area contributed by atoms with E-state index in [0.717, 1.165) is 46.3 Å². The molecule has 66 heavy (non-hydrogen) atoms. The number of hydrogen-bond donors (Lipinski definition) is 0. The number of allylic oxidation sites excluding steroid dienone is 20. The summed E-state index contributed by atoms with van der Waals surface area (Å²) in [5.74, 6) is 0.161. The largest absolute Gasteiger partial charge is 0.423 e. The minimum atomic E-state index is -0.413. The molecule has 0 N–H and O–H groups in total. The summed E-state index contributed by atoms with van der Waals surface area (Å²) < 4.78 is 11.3. The second kappa shape index (κ2) is 28.5. The summed E-state index contributed by atoms with van der Waals surface area (Å²) in [5.41, 5.74) is 14.8. The van der Waals surface area contributed by atoms with Crippen molar-refractivity contribution in [3.8, 4) is 11.5 Å². The molecular weight excluding hydrogens is 809 g/mol. The lowest BCUT2D eigenvalue weighted by Gasteiger charge is -2.33. The predicted molar refractivity (Wildman–Crippen MR) is 286 cm³/mol. The number of benzene rings is 2. The van der Waals surface area contributed by atoms with Crippen molar-refractivity contribution in [2.75, 3.05) is 0 Å². The Balaban J connectivity index is 0.00000364. The zero-order valence-corrected chi connectivity index (χ0v) is 43.8. The average molecular weight is 893 g/mol. The van der Waals surface area contributed by atoms with Crippen molar-refractivity contribution in [2.24, 2.45) is 10.8 Å². The van der Waals surface area contributed by atoms with Crippen LogP contribution in [0.3, 0.4) is 0 Å². The van der Waals surface area contributed by atoms with Crippen LogP contribution in [-0.2, 0) is 9.59 Å². The van der Waals surface area contributed by atoms with E-state index in [1.165, 1.54) is 84.1 Å². The Morgan fingerprint density at radius 1 is 0.530 bits per heavy atom. The molecule has 0 aromatic heterocycles. The van der Waals surface area contributed by atoms with Gasteiger partial charge in [-0.05, 0) is 173 Å². The summed E-state index contributed by atoms with van der Waals surface area (Å²) >= 11 is 0. The zero-order valence-electron chi connectivity index (χ0n) is 43.8. The second-order valence-corrected chi connectivity index (χ2v) is 18.4. The van der Waals surface area contributed by atoms with E-state index < -0.39 is 11.9 Å². The number of rotatable bonds is 16. The van der Waals surface area contributed by atoms with Crippen molar-refractivity contribution in [2.45, 2.75) is 162 Å². The van der Waals surface area contributed by atoms with Crippen molar-refractivity contribution >= 4 is 23.1 Å². The minimum absolute atomic E-state index is 0.215. The second-order valence-electron chi connectivity index (χ2n) is 18.4. The van der Waals surface area contributed by atoms with Crippen molar-refractivity contribution in [1.29, 1.82) is 0 Å². The van der Waals surface area contributed by atoms with E-state index in [1.54, 1.807) is 0 Å². The molecule has 0 saturated carbocycles. The number of carbonyl (C=O) groups is 2. The molecule has 2 aromatic carbocycles. The summed E-state index contributed by atoms with van der Waals surface area (Å²) in [6.45, 7) is 34.1. The van der Waals surface area contributed by atoms with Gasteiger partial charge in [-0.25, -0.2) is 9.59 Å². The molecule has 2 aliphatic rings. The first-order valence-electron chi connectivity index (χ1n) is 24.6. The van der Waals surface area contributed by atoms with E-state index in [1.807, 2.05) is 114 Å². The summed E-state index contributed by atoms with van der Waals surface area (Å²) in [6.07, 6.45) is 32.8. The first-order valence-corrected chi connectivity index (χ1v) is 24.6. The van der Waals surface area contributed by atoms with Crippen LogP contribution in [0.4, 0.5) is 0 Å². The first kappa shape index (κ1) is 56.6. The molecule has 0 bridgehead atoms. The van der Waals surface area contributed by atoms with Crippen LogP contribution in [0.5, 0.6) is 11.5 Å². The van der Waals surface area contributed by atoms with Gasteiger partial charge >= 0.3 is 11.9 Å². The Kier molecular flexibility index (Phi) is 24.5. The molecule has 0 amide bonds. The van der Waals surface area contributed by atoms with Gasteiger partial charge in [0.05, 0.1) is 0 Å². The van der Waals surface area contributed by atoms with Crippen molar-refractivity contribution < 1.29 is 19.1 Å². The highest BCUT2D eigenvalue weighted by molar-refractivity contribution is 5.91. The van der Waals surface area contributed by atoms with E-state index in [4.69, 9.17) is 9.47 Å². The Bertz CT molecular complexity index is 2100. The van der Waals surface area contributed by atoms with Gasteiger partial charge in [-0.1, -0.05) is 177 Å². The molecule has 0 heterocycles. The van der Waals surface area contributed by atoms with Gasteiger partial charge < -0.3 is 9.47 Å². The van der Waals surface area contributed by atoms with E-state index in [-0.39, 0.29) is 10.8 Å². The number of ether oxygens (including phenoxy) is 2. The van der Waals surface area contributed by atoms with Crippen LogP contribution >= 0.6 is 0 Å². The van der Waals surface area contributed by atoms with Crippen molar-refractivity contribution in [3.63, 3.8) is 0 Å². The fourth-order valence-electron chi connectivity index (χ4n) is 8.66. The fraction of sp³-hybridized carbons (Fsp3) is 0.419. The smallest absolute Gasteiger partial charge is 0.336 e. The van der Waals surface area contributed by atoms with Gasteiger partial charge in [0.1, 0.15) is 11.5 Å². The maximum Gasteiger partial charge on any atom is 0.336 e. The third-order valence-corrected chi connectivity index (χ3v) is 12.2. The Morgan fingerprint density at radius 2 is 0.864 bits per heavy atom. The van der Waals surface area contributed by atoms with Crippen LogP contribution in [0.1, 0.15) is 173 Å². The molecule has 4 heteroatoms. The van der Waals surface area contributed by atoms with Gasteiger partial charge in [-0.15, -0.1) is 0 Å². The van der Waals surface area contributed by atoms with Gasteiger partial charge in [-0.2, -0.15) is 0 Å². The number of esters is 2. The van der Waals surface area contributed by atoms with Crippen LogP contribution < -0.4 is 9.47 Å². The van der Waals surface area contributed by atoms with E-state index in [2.05, 4.69) is 106 Å². The third-order valence-electron chi connectivity index (χ3n) is 12.2. The molecule has 0 unspecified atom stereocenters. The van der Waals surface area contributed by atoms with E-state index in [9.17, 15) is 9.59 Å². The molecule has 4 rings (SSSR count). The quantitative estimate of drug-likeness (QED) is 0.0554. The summed E-state index contributed by atoms with van der Waals surface area (Å²) in [6, 6.07) is 15.4. The van der Waals surface area contributed by atoms with Crippen LogP contribution in [0.25, 0.3) is 11.1 Å². The van der Waals surface area contributed by atoms with Crippen LogP contribution in [0.15, 0.2) is 166 Å². The van der Waals surface area contributed by atoms with Crippen LogP contribution in [-0.4, -0.2) is 11.9 Å². The standard InChI is InChI=1S/C58H72O4.2C2H6/c1-13-51(47-27-31-49(32-28-47)61-55(59)39-43(5)21-15-19-41(3)25-35-53-45(7)23-17-37-57(53,9)10)52(14-2)48-29-33-50(34-30-48)62-56(60)40-44(6)22-16-20-42(4)26-36-54-46(8)24-18-38-58(54,11)12;2*1-2/h15-16,19-22,25-36,39-40H,13-14,17-18,23-24,37-38H2,1-12H3;2*1-2H3/b21-15+,22-16+,35-25+,36-26+,41-19+,42-20+,43-39+,44-40+,52-51+;;. The maximum atomic E-state index is 12.8. The minimum Gasteiger partial charge on any atom is -0.423 e. The predicted octanol–water partition coefficient (Wildman–Crippen LogP) is 18.3. The summed E-state index contributed by atoms with van der Waals surface area (Å²) in [7, 11) is 0. The molecule has 0 aliphatic heterocycles. The third kappa shape index (κ3) is 18.4. The monoisotopic (exact) mass is 893 g/mol. The molecule has 2 aromatic rings. The SMILES string of the molecule is CC.CC.CC/C(=C(/CC)c1ccc(OC(=O)/C=C(C)/C=C/C=C(C)/C=C/C2=C(C)CCCC2(C)C)cc1)c1ccc(OC(=O)/C=C(C)/C=C/C=C(C)/C=C/C2=C(C)CCCC2(C)C)cc1. The Labute approximate surface area is 402 Å². The topological polar surface area (TPSA) is 52.6 Å². The molecule has 0 saturated heterocycles. The van der Waals surface area contributed by atoms with Crippen molar-refractivity contribution in [3.05, 3.63) is 177 Å². The molecule has 0 atom stereocenters. The molecule has 0 fully saturated rings. The highest BCUT2D eigenvalue weighted by atomic mass is 16.5. The van der Waals surface area contributed by atoms with Gasteiger partial charge in [0.25, 0.3) is 0 Å². The van der Waals surface area contributed by atoms with Gasteiger partial charge in [0.2, 0.25) is 0 Å². The normalized spacial score (nSPS) is 17.5. The Hall–Kier alpha value is -5.48. The molecule has 4 nitrogen and oxygen atoms in total. The molecular formula is C62H84O4.